The Labute approximate surface area is 111 Å². The molecule has 0 spiro atoms. The van der Waals surface area contributed by atoms with Gasteiger partial charge in [0.05, 0.1) is 10.6 Å². The number of nitro benzene ring substituents is 1. The summed E-state index contributed by atoms with van der Waals surface area (Å²) in [6.45, 7) is 0. The molecule has 20 heavy (non-hydrogen) atoms. The third-order valence-corrected chi connectivity index (χ3v) is 2.42. The number of hydrogen-bond acceptors (Lipinski definition) is 8. The van der Waals surface area contributed by atoms with Crippen molar-refractivity contribution < 1.29 is 4.92 Å². The molecule has 0 saturated heterocycles. The van der Waals surface area contributed by atoms with E-state index in [1.54, 1.807) is 12.1 Å². The SMILES string of the molecule is O=[N+]([O-])c1ccc(-n2nnnc2Nn2cnnc2)cc1. The normalized spacial score (nSPS) is 10.4. The van der Waals surface area contributed by atoms with Crippen LogP contribution in [0.15, 0.2) is 36.9 Å². The second-order valence-corrected chi connectivity index (χ2v) is 3.67. The Kier molecular flexibility index (Phi) is 2.76. The zero-order chi connectivity index (χ0) is 13.9. The van der Waals surface area contributed by atoms with Crippen LogP contribution in [0.3, 0.4) is 0 Å². The lowest BCUT2D eigenvalue weighted by atomic mass is 10.3. The van der Waals surface area contributed by atoms with E-state index in [0.29, 0.717) is 11.6 Å². The summed E-state index contributed by atoms with van der Waals surface area (Å²) in [5.74, 6) is 0.318. The van der Waals surface area contributed by atoms with Crippen LogP contribution in [-0.4, -0.2) is 40.0 Å². The second-order valence-electron chi connectivity index (χ2n) is 3.67. The zero-order valence-electron chi connectivity index (χ0n) is 9.86. The molecule has 2 aromatic heterocycles. The lowest BCUT2D eigenvalue weighted by Gasteiger charge is -2.06. The van der Waals surface area contributed by atoms with Gasteiger partial charge in [-0.2, -0.15) is 4.68 Å². The van der Waals surface area contributed by atoms with E-state index in [4.69, 9.17) is 0 Å². The van der Waals surface area contributed by atoms with Gasteiger partial charge < -0.3 is 0 Å². The Hall–Kier alpha value is -3.37. The Morgan fingerprint density at radius 3 is 2.50 bits per heavy atom. The summed E-state index contributed by atoms with van der Waals surface area (Å²) >= 11 is 0. The fourth-order valence-electron chi connectivity index (χ4n) is 1.52. The molecule has 1 N–H and O–H groups in total. The molecule has 0 aliphatic heterocycles. The molecule has 11 heteroatoms. The van der Waals surface area contributed by atoms with Crippen molar-refractivity contribution in [3.8, 4) is 5.69 Å². The molecule has 100 valence electrons. The molecule has 0 amide bonds. The minimum atomic E-state index is -0.473. The minimum absolute atomic E-state index is 0.00450. The number of nitrogens with zero attached hydrogens (tertiary/aromatic N) is 8. The van der Waals surface area contributed by atoms with Gasteiger partial charge in [-0.1, -0.05) is 5.10 Å². The maximum Gasteiger partial charge on any atom is 0.269 e. The van der Waals surface area contributed by atoms with Gasteiger partial charge in [-0.3, -0.25) is 15.5 Å². The highest BCUT2D eigenvalue weighted by atomic mass is 16.6. The maximum absolute atomic E-state index is 10.6. The summed E-state index contributed by atoms with van der Waals surface area (Å²) in [7, 11) is 0. The van der Waals surface area contributed by atoms with E-state index >= 15 is 0 Å². The molecule has 3 rings (SSSR count). The topological polar surface area (TPSA) is 129 Å². The van der Waals surface area contributed by atoms with Crippen molar-refractivity contribution in [1.82, 2.24) is 35.1 Å². The van der Waals surface area contributed by atoms with Gasteiger partial charge in [-0.15, -0.1) is 10.2 Å². The van der Waals surface area contributed by atoms with Crippen LogP contribution in [0.2, 0.25) is 0 Å². The molecule has 2 heterocycles. The lowest BCUT2D eigenvalue weighted by molar-refractivity contribution is -0.384. The fraction of sp³-hybridized carbons (Fsp3) is 0. The summed E-state index contributed by atoms with van der Waals surface area (Å²) in [6.07, 6.45) is 2.88. The molecular weight excluding hydrogens is 266 g/mol. The van der Waals surface area contributed by atoms with Gasteiger partial charge in [0.25, 0.3) is 11.6 Å². The highest BCUT2D eigenvalue weighted by molar-refractivity contribution is 5.43. The van der Waals surface area contributed by atoms with Gasteiger partial charge in [0.2, 0.25) is 0 Å². The van der Waals surface area contributed by atoms with E-state index in [-0.39, 0.29) is 5.69 Å². The number of nitrogens with one attached hydrogen (secondary N) is 1. The van der Waals surface area contributed by atoms with Gasteiger partial charge in [0, 0.05) is 12.1 Å². The molecule has 1 aromatic carbocycles. The summed E-state index contributed by atoms with van der Waals surface area (Å²) in [5, 5.41) is 29.0. The van der Waals surface area contributed by atoms with Crippen molar-refractivity contribution in [3.05, 3.63) is 47.0 Å². The predicted molar refractivity (Wildman–Crippen MR) is 64.9 cm³/mol. The number of tetrazole rings is 1. The molecule has 0 unspecified atom stereocenters. The highest BCUT2D eigenvalue weighted by Crippen LogP contribution is 2.16. The summed E-state index contributed by atoms with van der Waals surface area (Å²) in [5.41, 5.74) is 3.43. The standard InChI is InChI=1S/C9H7N9O2/c19-18(20)8-3-1-7(2-4-8)17-9(12-14-15-17)13-16-5-10-11-6-16/h1-6H,(H,12,13,15). The van der Waals surface area contributed by atoms with Crippen molar-refractivity contribution in [1.29, 1.82) is 0 Å². The first-order chi connectivity index (χ1) is 9.74. The third-order valence-electron chi connectivity index (χ3n) is 2.42. The second kappa shape index (κ2) is 4.72. The van der Waals surface area contributed by atoms with Crippen molar-refractivity contribution in [3.63, 3.8) is 0 Å². The Morgan fingerprint density at radius 2 is 1.85 bits per heavy atom. The molecule has 0 aliphatic carbocycles. The molecule has 11 nitrogen and oxygen atoms in total. The summed E-state index contributed by atoms with van der Waals surface area (Å²) in [4.78, 5) is 10.1. The average molecular weight is 273 g/mol. The van der Waals surface area contributed by atoms with E-state index < -0.39 is 4.92 Å². The van der Waals surface area contributed by atoms with Crippen LogP contribution in [0.1, 0.15) is 0 Å². The smallest absolute Gasteiger partial charge is 0.258 e. The summed E-state index contributed by atoms with van der Waals surface area (Å²) in [6, 6.07) is 5.84. The van der Waals surface area contributed by atoms with E-state index in [0.717, 1.165) is 0 Å². The zero-order valence-corrected chi connectivity index (χ0v) is 9.86. The molecule has 0 atom stereocenters. The quantitative estimate of drug-likeness (QED) is 0.520. The largest absolute Gasteiger partial charge is 0.269 e. The number of anilines is 1. The van der Waals surface area contributed by atoms with Crippen LogP contribution in [-0.2, 0) is 0 Å². The van der Waals surface area contributed by atoms with Gasteiger partial charge >= 0.3 is 0 Å². The average Bonchev–Trinajstić information content (AvgIpc) is 3.11. The van der Waals surface area contributed by atoms with Crippen molar-refractivity contribution in [2.75, 3.05) is 5.43 Å². The predicted octanol–water partition coefficient (Wildman–Crippen LogP) is 0.0372. The first-order valence-corrected chi connectivity index (χ1v) is 5.39. The van der Waals surface area contributed by atoms with E-state index in [9.17, 15) is 10.1 Å². The molecule has 3 aromatic rings. The van der Waals surface area contributed by atoms with Crippen LogP contribution in [0, 0.1) is 10.1 Å². The number of benzene rings is 1. The molecule has 0 bridgehead atoms. The Morgan fingerprint density at radius 1 is 1.15 bits per heavy atom. The molecule has 0 radical (unpaired) electrons. The first kappa shape index (κ1) is 11.7. The number of nitro groups is 1. The van der Waals surface area contributed by atoms with Gasteiger partial charge in [0.15, 0.2) is 0 Å². The maximum atomic E-state index is 10.6. The summed E-state index contributed by atoms with van der Waals surface area (Å²) < 4.78 is 2.86. The van der Waals surface area contributed by atoms with Crippen LogP contribution >= 0.6 is 0 Å². The van der Waals surface area contributed by atoms with Crippen LogP contribution < -0.4 is 5.43 Å². The fourth-order valence-corrected chi connectivity index (χ4v) is 1.52. The van der Waals surface area contributed by atoms with Crippen LogP contribution in [0.25, 0.3) is 5.69 Å². The van der Waals surface area contributed by atoms with Gasteiger partial charge in [-0.05, 0) is 22.6 Å². The van der Waals surface area contributed by atoms with E-state index in [1.807, 2.05) is 0 Å². The molecular formula is C9H7N9O2. The van der Waals surface area contributed by atoms with Crippen molar-refractivity contribution >= 4 is 11.6 Å². The number of rotatable bonds is 4. The molecule has 0 fully saturated rings. The third kappa shape index (κ3) is 2.14. The molecule has 0 aliphatic rings. The van der Waals surface area contributed by atoms with Crippen LogP contribution in [0.5, 0.6) is 0 Å². The Balaban J connectivity index is 1.90. The van der Waals surface area contributed by atoms with Crippen molar-refractivity contribution in [2.45, 2.75) is 0 Å². The van der Waals surface area contributed by atoms with E-state index in [1.165, 1.54) is 34.1 Å². The number of aromatic nitrogens is 7. The highest BCUT2D eigenvalue weighted by Gasteiger charge is 2.10. The Bertz CT molecular complexity index is 718. The molecule has 0 saturated carbocycles. The van der Waals surface area contributed by atoms with Crippen LogP contribution in [0.4, 0.5) is 11.6 Å². The number of hydrogen-bond donors (Lipinski definition) is 1. The number of non-ortho nitro benzene ring substituents is 1. The van der Waals surface area contributed by atoms with Crippen molar-refractivity contribution in [2.24, 2.45) is 0 Å². The minimum Gasteiger partial charge on any atom is -0.258 e. The monoisotopic (exact) mass is 273 g/mol. The van der Waals surface area contributed by atoms with E-state index in [2.05, 4.69) is 31.1 Å². The lowest BCUT2D eigenvalue weighted by Crippen LogP contribution is -2.12. The first-order valence-electron chi connectivity index (χ1n) is 5.39. The van der Waals surface area contributed by atoms with Gasteiger partial charge in [0.1, 0.15) is 12.7 Å². The van der Waals surface area contributed by atoms with Gasteiger partial charge in [-0.25, -0.2) is 4.68 Å².